The smallest absolute Gasteiger partial charge is 0.243 e. The monoisotopic (exact) mass is 469 g/mol. The van der Waals surface area contributed by atoms with Crippen molar-refractivity contribution < 1.29 is 17.9 Å². The van der Waals surface area contributed by atoms with Crippen LogP contribution in [0.3, 0.4) is 0 Å². The van der Waals surface area contributed by atoms with Crippen LogP contribution in [0, 0.1) is 0 Å². The fourth-order valence-corrected chi connectivity index (χ4v) is 5.77. The molecule has 8 heteroatoms. The largest absolute Gasteiger partial charge is 0.497 e. The van der Waals surface area contributed by atoms with Crippen LogP contribution >= 0.6 is 0 Å². The summed E-state index contributed by atoms with van der Waals surface area (Å²) in [5.41, 5.74) is 1.93. The lowest BCUT2D eigenvalue weighted by Crippen LogP contribution is -2.31. The van der Waals surface area contributed by atoms with Gasteiger partial charge in [0.25, 0.3) is 0 Å². The molecular formula is C25H31N3O4S. The molecule has 33 heavy (non-hydrogen) atoms. The second kappa shape index (κ2) is 10.4. The number of hydrogen-bond acceptors (Lipinski definition) is 4. The summed E-state index contributed by atoms with van der Waals surface area (Å²) in [5.74, 6) is 0.750. The molecule has 1 saturated heterocycles. The first-order valence-corrected chi connectivity index (χ1v) is 12.9. The van der Waals surface area contributed by atoms with Crippen molar-refractivity contribution >= 4 is 26.8 Å². The molecular weight excluding hydrogens is 438 g/mol. The van der Waals surface area contributed by atoms with Crippen LogP contribution in [0.2, 0.25) is 0 Å². The zero-order chi connectivity index (χ0) is 23.3. The summed E-state index contributed by atoms with van der Waals surface area (Å²) in [5, 5.41) is 3.80. The lowest BCUT2D eigenvalue weighted by Gasteiger charge is -2.20. The molecule has 3 aromatic rings. The second-order valence-corrected chi connectivity index (χ2v) is 10.4. The van der Waals surface area contributed by atoms with Crippen LogP contribution in [-0.2, 0) is 27.9 Å². The van der Waals surface area contributed by atoms with Gasteiger partial charge in [0.15, 0.2) is 0 Å². The summed E-state index contributed by atoms with van der Waals surface area (Å²) in [6.45, 7) is 2.17. The maximum atomic E-state index is 13.1. The summed E-state index contributed by atoms with van der Waals surface area (Å²) in [6, 6.07) is 14.8. The molecule has 0 atom stereocenters. The van der Waals surface area contributed by atoms with Gasteiger partial charge in [-0.1, -0.05) is 25.0 Å². The van der Waals surface area contributed by atoms with Crippen LogP contribution in [0.15, 0.2) is 59.6 Å². The summed E-state index contributed by atoms with van der Waals surface area (Å²) in [7, 11) is -1.86. The van der Waals surface area contributed by atoms with Crippen molar-refractivity contribution in [2.45, 2.75) is 50.1 Å². The lowest BCUT2D eigenvalue weighted by molar-refractivity contribution is -0.121. The number of nitrogens with zero attached hydrogens (tertiary/aromatic N) is 2. The molecule has 7 nitrogen and oxygen atoms in total. The van der Waals surface area contributed by atoms with Crippen LogP contribution in [-0.4, -0.2) is 43.4 Å². The standard InChI is InChI=1S/C25H31N3O4S/c1-32-22-8-6-20(7-9-22)19-26-25(29)13-17-27-16-12-21-18-23(10-11-24(21)27)33(30,31)28-14-4-2-3-5-15-28/h6-12,16,18H,2-5,13-15,17,19H2,1H3,(H,26,29). The van der Waals surface area contributed by atoms with E-state index in [0.717, 1.165) is 47.9 Å². The number of sulfonamides is 1. The minimum absolute atomic E-state index is 0.0342. The van der Waals surface area contributed by atoms with Gasteiger partial charge in [-0.05, 0) is 54.8 Å². The molecule has 0 unspecified atom stereocenters. The fourth-order valence-electron chi connectivity index (χ4n) is 4.22. The molecule has 1 aromatic heterocycles. The Morgan fingerprint density at radius 3 is 2.42 bits per heavy atom. The predicted molar refractivity (Wildman–Crippen MR) is 129 cm³/mol. The van der Waals surface area contributed by atoms with E-state index in [1.165, 1.54) is 0 Å². The van der Waals surface area contributed by atoms with Crippen molar-refractivity contribution in [1.82, 2.24) is 14.2 Å². The van der Waals surface area contributed by atoms with Crippen LogP contribution < -0.4 is 10.1 Å². The number of hydrogen-bond donors (Lipinski definition) is 1. The Labute approximate surface area is 195 Å². The van der Waals surface area contributed by atoms with Gasteiger partial charge >= 0.3 is 0 Å². The highest BCUT2D eigenvalue weighted by Gasteiger charge is 2.25. The average molecular weight is 470 g/mol. The zero-order valence-corrected chi connectivity index (χ0v) is 19.8. The summed E-state index contributed by atoms with van der Waals surface area (Å²) in [6.07, 6.45) is 6.25. The van der Waals surface area contributed by atoms with E-state index in [9.17, 15) is 13.2 Å². The van der Waals surface area contributed by atoms with Gasteiger partial charge in [-0.25, -0.2) is 8.42 Å². The number of benzene rings is 2. The maximum absolute atomic E-state index is 13.1. The van der Waals surface area contributed by atoms with Gasteiger partial charge in [0.05, 0.1) is 12.0 Å². The van der Waals surface area contributed by atoms with Crippen LogP contribution in [0.25, 0.3) is 10.9 Å². The number of amides is 1. The molecule has 0 bridgehead atoms. The van der Waals surface area contributed by atoms with Crippen LogP contribution in [0.5, 0.6) is 5.75 Å². The fraction of sp³-hybridized carbons (Fsp3) is 0.400. The average Bonchev–Trinajstić information content (AvgIpc) is 3.03. The number of methoxy groups -OCH3 is 1. The Kier molecular flexibility index (Phi) is 7.35. The molecule has 176 valence electrons. The van der Waals surface area contributed by atoms with Crippen molar-refractivity contribution in [1.29, 1.82) is 0 Å². The molecule has 1 amide bonds. The molecule has 0 saturated carbocycles. The molecule has 0 spiro atoms. The molecule has 4 rings (SSSR count). The Bertz CT molecular complexity index is 1190. The Morgan fingerprint density at radius 1 is 1.00 bits per heavy atom. The van der Waals surface area contributed by atoms with E-state index in [-0.39, 0.29) is 5.91 Å². The van der Waals surface area contributed by atoms with Crippen molar-refractivity contribution in [3.8, 4) is 5.75 Å². The third-order valence-corrected chi connectivity index (χ3v) is 8.07. The van der Waals surface area contributed by atoms with Crippen molar-refractivity contribution in [2.24, 2.45) is 0 Å². The number of nitrogens with one attached hydrogen (secondary N) is 1. The summed E-state index contributed by atoms with van der Waals surface area (Å²) in [4.78, 5) is 12.7. The van der Waals surface area contributed by atoms with E-state index >= 15 is 0 Å². The number of fused-ring (bicyclic) bond motifs is 1. The molecule has 1 aliphatic heterocycles. The number of aryl methyl sites for hydroxylation is 1. The zero-order valence-electron chi connectivity index (χ0n) is 19.0. The highest BCUT2D eigenvalue weighted by atomic mass is 32.2. The number of ether oxygens (including phenoxy) is 1. The SMILES string of the molecule is COc1ccc(CNC(=O)CCn2ccc3cc(S(=O)(=O)N4CCCCCC4)ccc32)cc1. The third kappa shape index (κ3) is 5.57. The van der Waals surface area contributed by atoms with Crippen LogP contribution in [0.4, 0.5) is 0 Å². The van der Waals surface area contributed by atoms with Gasteiger partial charge in [-0.2, -0.15) is 4.31 Å². The topological polar surface area (TPSA) is 80.6 Å². The highest BCUT2D eigenvalue weighted by molar-refractivity contribution is 7.89. The number of carbonyl (C=O) groups excluding carboxylic acids is 1. The quantitative estimate of drug-likeness (QED) is 0.542. The van der Waals surface area contributed by atoms with E-state index < -0.39 is 10.0 Å². The summed E-state index contributed by atoms with van der Waals surface area (Å²) < 4.78 is 34.9. The molecule has 1 aliphatic rings. The molecule has 2 aromatic carbocycles. The van der Waals surface area contributed by atoms with Crippen molar-refractivity contribution in [3.63, 3.8) is 0 Å². The molecule has 0 aliphatic carbocycles. The van der Waals surface area contributed by atoms with Crippen molar-refractivity contribution in [3.05, 3.63) is 60.3 Å². The maximum Gasteiger partial charge on any atom is 0.243 e. The third-order valence-electron chi connectivity index (χ3n) is 6.17. The number of aromatic nitrogens is 1. The molecule has 1 fully saturated rings. The first-order valence-electron chi connectivity index (χ1n) is 11.5. The van der Waals surface area contributed by atoms with Crippen LogP contribution in [0.1, 0.15) is 37.7 Å². The Balaban J connectivity index is 1.37. The number of rotatable bonds is 8. The van der Waals surface area contributed by atoms with E-state index in [4.69, 9.17) is 4.74 Å². The van der Waals surface area contributed by atoms with E-state index in [0.29, 0.717) is 37.5 Å². The van der Waals surface area contributed by atoms with E-state index in [2.05, 4.69) is 5.32 Å². The van der Waals surface area contributed by atoms with Gasteiger partial charge in [-0.15, -0.1) is 0 Å². The van der Waals surface area contributed by atoms with Gasteiger partial charge in [0, 0.05) is 49.7 Å². The Hall–Kier alpha value is -2.84. The van der Waals surface area contributed by atoms with E-state index in [1.807, 2.05) is 47.2 Å². The molecule has 0 radical (unpaired) electrons. The first-order chi connectivity index (χ1) is 16.0. The Morgan fingerprint density at radius 2 is 1.73 bits per heavy atom. The van der Waals surface area contributed by atoms with E-state index in [1.54, 1.807) is 23.5 Å². The summed E-state index contributed by atoms with van der Waals surface area (Å²) >= 11 is 0. The van der Waals surface area contributed by atoms with Gasteiger partial charge < -0.3 is 14.6 Å². The van der Waals surface area contributed by atoms with Gasteiger partial charge in [0.2, 0.25) is 15.9 Å². The predicted octanol–water partition coefficient (Wildman–Crippen LogP) is 3.92. The van der Waals surface area contributed by atoms with Gasteiger partial charge in [-0.3, -0.25) is 4.79 Å². The molecule has 1 N–H and O–H groups in total. The molecule has 2 heterocycles. The minimum Gasteiger partial charge on any atom is -0.497 e. The normalized spacial score (nSPS) is 15.3. The second-order valence-electron chi connectivity index (χ2n) is 8.42. The number of carbonyl (C=O) groups is 1. The first kappa shape index (κ1) is 23.3. The highest BCUT2D eigenvalue weighted by Crippen LogP contribution is 2.25. The lowest BCUT2D eigenvalue weighted by atomic mass is 10.2. The van der Waals surface area contributed by atoms with Gasteiger partial charge in [0.1, 0.15) is 5.75 Å². The minimum atomic E-state index is -3.48. The van der Waals surface area contributed by atoms with Crippen molar-refractivity contribution in [2.75, 3.05) is 20.2 Å².